The van der Waals surface area contributed by atoms with Gasteiger partial charge in [0.25, 0.3) is 0 Å². The van der Waals surface area contributed by atoms with Crippen molar-refractivity contribution in [1.82, 2.24) is 0 Å². The van der Waals surface area contributed by atoms with Crippen molar-refractivity contribution in [2.75, 3.05) is 0 Å². The van der Waals surface area contributed by atoms with Crippen LogP contribution in [-0.2, 0) is 4.12 Å². The standard InChI is InChI=1S/C12H30OSi2.C8H15O.Li/c1-11(2,3)14(7,8)13-15(9,10)12(4,5)6;1-3-5-6-7-8(9)4-2;/h1-10H3;2,4,8-9H,3,5-7H2,1H3;/q;-1;+1. The van der Waals surface area contributed by atoms with Crippen LogP contribution in [0.4, 0.5) is 0 Å². The molecule has 0 aliphatic heterocycles. The van der Waals surface area contributed by atoms with Gasteiger partial charge in [-0.25, -0.2) is 6.08 Å². The van der Waals surface area contributed by atoms with E-state index in [2.05, 4.69) is 74.7 Å². The molecule has 0 amide bonds. The van der Waals surface area contributed by atoms with E-state index in [0.29, 0.717) is 10.1 Å². The van der Waals surface area contributed by atoms with Crippen molar-refractivity contribution in [2.45, 2.75) is 117 Å². The molecular formula is C20H45LiO2Si2. The van der Waals surface area contributed by atoms with Crippen LogP contribution < -0.4 is 18.9 Å². The summed E-state index contributed by atoms with van der Waals surface area (Å²) in [5.41, 5.74) is 0. The Morgan fingerprint density at radius 1 is 0.920 bits per heavy atom. The zero-order valence-electron chi connectivity index (χ0n) is 19.4. The van der Waals surface area contributed by atoms with Crippen molar-refractivity contribution in [3.63, 3.8) is 0 Å². The van der Waals surface area contributed by atoms with Gasteiger partial charge in [0.1, 0.15) is 0 Å². The van der Waals surface area contributed by atoms with E-state index in [0.717, 1.165) is 12.8 Å². The molecule has 5 heteroatoms. The van der Waals surface area contributed by atoms with Crippen LogP contribution >= 0.6 is 0 Å². The number of unbranched alkanes of at least 4 members (excludes halogenated alkanes) is 2. The molecule has 2 nitrogen and oxygen atoms in total. The summed E-state index contributed by atoms with van der Waals surface area (Å²) in [6.45, 7) is 30.5. The molecular weight excluding hydrogens is 335 g/mol. The molecule has 1 unspecified atom stereocenters. The molecule has 146 valence electrons. The number of aliphatic hydroxyl groups is 1. The monoisotopic (exact) mass is 380 g/mol. The van der Waals surface area contributed by atoms with Crippen LogP contribution in [0, 0.1) is 6.58 Å². The van der Waals surface area contributed by atoms with Gasteiger partial charge in [-0.1, -0.05) is 67.7 Å². The van der Waals surface area contributed by atoms with Crippen molar-refractivity contribution >= 4 is 16.6 Å². The second kappa shape index (κ2) is 12.2. The molecule has 0 aromatic heterocycles. The molecule has 0 heterocycles. The number of hydrogen-bond acceptors (Lipinski definition) is 2. The SMILES string of the molecule is CC(C)(C)[Si](C)(C)O[Si](C)(C)C(C)(C)C.[CH-]=CC(O)CCCCC.[Li+]. The average Bonchev–Trinajstić information content (AvgIpc) is 2.35. The van der Waals surface area contributed by atoms with Gasteiger partial charge in [0.15, 0.2) is 16.6 Å². The van der Waals surface area contributed by atoms with Crippen molar-refractivity contribution in [1.29, 1.82) is 0 Å². The van der Waals surface area contributed by atoms with Gasteiger partial charge < -0.3 is 15.8 Å². The maximum atomic E-state index is 8.90. The molecule has 0 saturated carbocycles. The van der Waals surface area contributed by atoms with Crippen LogP contribution in [-0.4, -0.2) is 27.8 Å². The molecule has 0 bridgehead atoms. The fourth-order valence-electron chi connectivity index (χ4n) is 1.64. The van der Waals surface area contributed by atoms with Crippen molar-refractivity contribution in [3.05, 3.63) is 12.7 Å². The molecule has 0 saturated heterocycles. The van der Waals surface area contributed by atoms with E-state index < -0.39 is 22.7 Å². The molecule has 25 heavy (non-hydrogen) atoms. The van der Waals surface area contributed by atoms with Crippen LogP contribution in [0.3, 0.4) is 0 Å². The van der Waals surface area contributed by atoms with E-state index in [-0.39, 0.29) is 18.9 Å². The Hall–Kier alpha value is 0.691. The fraction of sp³-hybridized carbons (Fsp3) is 0.900. The zero-order chi connectivity index (χ0) is 19.8. The molecule has 0 fully saturated rings. The second-order valence-electron chi connectivity index (χ2n) is 9.88. The molecule has 0 aliphatic carbocycles. The van der Waals surface area contributed by atoms with Gasteiger partial charge in [0.05, 0.1) is 0 Å². The van der Waals surface area contributed by atoms with Crippen molar-refractivity contribution in [3.8, 4) is 0 Å². The Morgan fingerprint density at radius 2 is 1.28 bits per heavy atom. The smallest absolute Gasteiger partial charge is 0.515 e. The summed E-state index contributed by atoms with van der Waals surface area (Å²) in [6, 6.07) is 0. The van der Waals surface area contributed by atoms with E-state index in [4.69, 9.17) is 15.8 Å². The zero-order valence-corrected chi connectivity index (χ0v) is 21.4. The Bertz CT molecular complexity index is 332. The summed E-state index contributed by atoms with van der Waals surface area (Å²) < 4.78 is 6.63. The van der Waals surface area contributed by atoms with Gasteiger partial charge in [0, 0.05) is 6.10 Å². The predicted molar refractivity (Wildman–Crippen MR) is 114 cm³/mol. The van der Waals surface area contributed by atoms with Crippen molar-refractivity contribution < 1.29 is 28.1 Å². The number of rotatable bonds is 7. The minimum atomic E-state index is -1.59. The minimum Gasteiger partial charge on any atom is -0.515 e. The topological polar surface area (TPSA) is 29.5 Å². The van der Waals surface area contributed by atoms with Crippen molar-refractivity contribution in [2.24, 2.45) is 0 Å². The molecule has 0 aliphatic rings. The maximum Gasteiger partial charge on any atom is 1.00 e. The first-order valence-electron chi connectivity index (χ1n) is 9.45. The molecule has 0 aromatic rings. The van der Waals surface area contributed by atoms with Gasteiger partial charge in [-0.2, -0.15) is 0 Å². The summed E-state index contributed by atoms with van der Waals surface area (Å²) in [7, 11) is -3.18. The van der Waals surface area contributed by atoms with E-state index in [1.165, 1.54) is 18.9 Å². The van der Waals surface area contributed by atoms with Gasteiger partial charge in [-0.3, -0.25) is 0 Å². The van der Waals surface area contributed by atoms with Gasteiger partial charge in [0.2, 0.25) is 0 Å². The third kappa shape index (κ3) is 12.7. The van der Waals surface area contributed by atoms with E-state index in [1.807, 2.05) is 0 Å². The molecule has 0 rings (SSSR count). The first kappa shape index (κ1) is 30.4. The summed E-state index contributed by atoms with van der Waals surface area (Å²) >= 11 is 0. The summed E-state index contributed by atoms with van der Waals surface area (Å²) in [5.74, 6) is 0. The fourth-order valence-corrected chi connectivity index (χ4v) is 9.20. The molecule has 0 spiro atoms. The Labute approximate surface area is 173 Å². The summed E-state index contributed by atoms with van der Waals surface area (Å²) in [4.78, 5) is 0. The number of aliphatic hydroxyl groups excluding tert-OH is 1. The van der Waals surface area contributed by atoms with Crippen LogP contribution in [0.25, 0.3) is 0 Å². The first-order chi connectivity index (χ1) is 10.5. The maximum absolute atomic E-state index is 8.90. The predicted octanol–water partition coefficient (Wildman–Crippen LogP) is 3.93. The molecule has 1 atom stereocenters. The average molecular weight is 381 g/mol. The summed E-state index contributed by atoms with van der Waals surface area (Å²) in [5, 5.41) is 9.55. The third-order valence-corrected chi connectivity index (χ3v) is 16.8. The largest absolute Gasteiger partial charge is 1.00 e. The Morgan fingerprint density at radius 3 is 1.52 bits per heavy atom. The third-order valence-electron chi connectivity index (χ3n) is 5.45. The van der Waals surface area contributed by atoms with Crippen LogP contribution in [0.5, 0.6) is 0 Å². The Balaban J connectivity index is -0.000000418. The molecule has 1 N–H and O–H groups in total. The molecule has 0 aromatic carbocycles. The van der Waals surface area contributed by atoms with Crippen LogP contribution in [0.1, 0.15) is 74.1 Å². The Kier molecular flexibility index (Phi) is 14.9. The van der Waals surface area contributed by atoms with E-state index in [9.17, 15) is 0 Å². The van der Waals surface area contributed by atoms with E-state index >= 15 is 0 Å². The van der Waals surface area contributed by atoms with Crippen LogP contribution in [0.15, 0.2) is 6.08 Å². The first-order valence-corrected chi connectivity index (χ1v) is 15.3. The van der Waals surface area contributed by atoms with Gasteiger partial charge >= 0.3 is 18.9 Å². The quantitative estimate of drug-likeness (QED) is 0.412. The summed E-state index contributed by atoms with van der Waals surface area (Å²) in [6.07, 6.45) is 5.21. The normalized spacial score (nSPS) is 14.1. The van der Waals surface area contributed by atoms with Gasteiger partial charge in [-0.05, 0) is 42.7 Å². The second-order valence-corrected chi connectivity index (χ2v) is 19.7. The van der Waals surface area contributed by atoms with Crippen LogP contribution in [0.2, 0.25) is 36.3 Å². The number of hydrogen-bond donors (Lipinski definition) is 1. The molecule has 0 radical (unpaired) electrons. The van der Waals surface area contributed by atoms with Gasteiger partial charge in [-0.15, -0.1) is 0 Å². The minimum absolute atomic E-state index is 0. The van der Waals surface area contributed by atoms with E-state index in [1.54, 1.807) is 0 Å².